The highest BCUT2D eigenvalue weighted by Gasteiger charge is 2.41. The van der Waals surface area contributed by atoms with Gasteiger partial charge in [0.1, 0.15) is 6.04 Å². The standard InChI is InChI=1S/C15H21N3O4/c1-3-4-7-15(16-17-15)8-5-13(19)18-9-6-11(22-2)10-12(18)14(20)21/h1,11-12H,4-10H2,2H3,(H,20,21). The van der Waals surface area contributed by atoms with Crippen LogP contribution in [0.1, 0.15) is 38.5 Å². The highest BCUT2D eigenvalue weighted by molar-refractivity contribution is 5.84. The Bertz CT molecular complexity index is 505. The number of carbonyl (C=O) groups excluding carboxylic acids is 1. The average molecular weight is 307 g/mol. The van der Waals surface area contributed by atoms with Gasteiger partial charge in [0.25, 0.3) is 0 Å². The number of carboxylic acid groups (broad SMARTS) is 1. The number of methoxy groups -OCH3 is 1. The fourth-order valence-corrected chi connectivity index (χ4v) is 2.80. The Morgan fingerprint density at radius 2 is 2.18 bits per heavy atom. The van der Waals surface area contributed by atoms with Gasteiger partial charge in [0.2, 0.25) is 5.91 Å². The summed E-state index contributed by atoms with van der Waals surface area (Å²) in [6.07, 6.45) is 8.04. The molecule has 0 aromatic carbocycles. The van der Waals surface area contributed by atoms with Crippen molar-refractivity contribution >= 4 is 11.9 Å². The number of amides is 1. The van der Waals surface area contributed by atoms with Crippen molar-refractivity contribution < 1.29 is 19.4 Å². The Kier molecular flexibility index (Phi) is 5.14. The molecule has 2 unspecified atom stereocenters. The summed E-state index contributed by atoms with van der Waals surface area (Å²) in [5.41, 5.74) is -0.508. The zero-order valence-corrected chi connectivity index (χ0v) is 12.7. The lowest BCUT2D eigenvalue weighted by atomic mass is 9.97. The summed E-state index contributed by atoms with van der Waals surface area (Å²) < 4.78 is 5.22. The molecule has 1 N–H and O–H groups in total. The van der Waals surface area contributed by atoms with Gasteiger partial charge < -0.3 is 14.7 Å². The molecule has 0 aromatic rings. The number of nitrogens with zero attached hydrogens (tertiary/aromatic N) is 3. The van der Waals surface area contributed by atoms with Gasteiger partial charge in [0, 0.05) is 45.8 Å². The van der Waals surface area contributed by atoms with E-state index in [0.717, 1.165) is 0 Å². The molecule has 2 heterocycles. The number of carbonyl (C=O) groups is 2. The third-order valence-electron chi connectivity index (χ3n) is 4.28. The lowest BCUT2D eigenvalue weighted by Gasteiger charge is -2.36. The molecule has 2 aliphatic rings. The Morgan fingerprint density at radius 1 is 1.45 bits per heavy atom. The third-order valence-corrected chi connectivity index (χ3v) is 4.28. The van der Waals surface area contributed by atoms with Crippen molar-refractivity contribution in [1.29, 1.82) is 0 Å². The molecule has 1 amide bonds. The second kappa shape index (κ2) is 6.88. The zero-order valence-electron chi connectivity index (χ0n) is 12.7. The van der Waals surface area contributed by atoms with Gasteiger partial charge in [0.15, 0.2) is 5.66 Å². The lowest BCUT2D eigenvalue weighted by Crippen LogP contribution is -2.51. The topological polar surface area (TPSA) is 91.6 Å². The minimum atomic E-state index is -0.988. The van der Waals surface area contributed by atoms with Gasteiger partial charge >= 0.3 is 5.97 Å². The molecule has 2 aliphatic heterocycles. The third kappa shape index (κ3) is 3.83. The first-order valence-electron chi connectivity index (χ1n) is 7.44. The molecule has 1 saturated heterocycles. The van der Waals surface area contributed by atoms with E-state index in [-0.39, 0.29) is 18.4 Å². The molecule has 120 valence electrons. The van der Waals surface area contributed by atoms with Crippen molar-refractivity contribution in [2.75, 3.05) is 13.7 Å². The first-order chi connectivity index (χ1) is 10.5. The maximum Gasteiger partial charge on any atom is 0.326 e. The van der Waals surface area contributed by atoms with Crippen molar-refractivity contribution in [3.8, 4) is 12.3 Å². The molecule has 0 saturated carbocycles. The predicted octanol–water partition coefficient (Wildman–Crippen LogP) is 1.43. The Hall–Kier alpha value is -1.94. The van der Waals surface area contributed by atoms with E-state index in [1.807, 2.05) is 0 Å². The Labute approximate surface area is 129 Å². The molecule has 0 bridgehead atoms. The molecule has 0 radical (unpaired) electrons. The molecule has 0 aromatic heterocycles. The van der Waals surface area contributed by atoms with Gasteiger partial charge in [-0.2, -0.15) is 10.2 Å². The number of ether oxygens (including phenoxy) is 1. The first-order valence-corrected chi connectivity index (χ1v) is 7.44. The molecule has 2 atom stereocenters. The normalized spacial score (nSPS) is 25.5. The van der Waals surface area contributed by atoms with E-state index < -0.39 is 17.7 Å². The zero-order chi connectivity index (χ0) is 16.2. The molecule has 0 spiro atoms. The number of aliphatic carboxylic acids is 1. The van der Waals surface area contributed by atoms with E-state index in [9.17, 15) is 14.7 Å². The van der Waals surface area contributed by atoms with E-state index in [1.54, 1.807) is 7.11 Å². The van der Waals surface area contributed by atoms with Crippen LogP contribution in [-0.4, -0.2) is 53.3 Å². The van der Waals surface area contributed by atoms with Crippen LogP contribution in [0.5, 0.6) is 0 Å². The maximum atomic E-state index is 12.4. The van der Waals surface area contributed by atoms with Crippen LogP contribution in [0.3, 0.4) is 0 Å². The number of likely N-dealkylation sites (tertiary alicyclic amines) is 1. The van der Waals surface area contributed by atoms with Gasteiger partial charge in [-0.1, -0.05) is 0 Å². The molecule has 7 heteroatoms. The summed E-state index contributed by atoms with van der Waals surface area (Å²) in [6.45, 7) is 0.403. The van der Waals surface area contributed by atoms with E-state index >= 15 is 0 Å². The van der Waals surface area contributed by atoms with E-state index in [1.165, 1.54) is 4.90 Å². The molecular formula is C15H21N3O4. The van der Waals surface area contributed by atoms with Crippen LogP contribution in [0.25, 0.3) is 0 Å². The van der Waals surface area contributed by atoms with Crippen molar-refractivity contribution in [2.45, 2.75) is 56.3 Å². The highest BCUT2D eigenvalue weighted by atomic mass is 16.5. The van der Waals surface area contributed by atoms with E-state index in [2.05, 4.69) is 16.1 Å². The molecule has 0 aliphatic carbocycles. The predicted molar refractivity (Wildman–Crippen MR) is 78.1 cm³/mol. The second-order valence-electron chi connectivity index (χ2n) is 5.71. The monoisotopic (exact) mass is 307 g/mol. The summed E-state index contributed by atoms with van der Waals surface area (Å²) in [5.74, 6) is 1.39. The second-order valence-corrected chi connectivity index (χ2v) is 5.71. The number of hydrogen-bond donors (Lipinski definition) is 1. The number of carboxylic acids is 1. The van der Waals surface area contributed by atoms with Crippen LogP contribution in [0, 0.1) is 12.3 Å². The largest absolute Gasteiger partial charge is 0.480 e. The lowest BCUT2D eigenvalue weighted by molar-refractivity contribution is -0.155. The Balaban J connectivity index is 1.88. The molecule has 2 rings (SSSR count). The molecule has 1 fully saturated rings. The van der Waals surface area contributed by atoms with Crippen molar-refractivity contribution in [1.82, 2.24) is 4.90 Å². The van der Waals surface area contributed by atoms with Crippen molar-refractivity contribution in [3.05, 3.63) is 0 Å². The highest BCUT2D eigenvalue weighted by Crippen LogP contribution is 2.38. The minimum Gasteiger partial charge on any atom is -0.480 e. The van der Waals surface area contributed by atoms with Crippen LogP contribution < -0.4 is 0 Å². The van der Waals surface area contributed by atoms with Gasteiger partial charge in [0.05, 0.1) is 6.10 Å². The van der Waals surface area contributed by atoms with Gasteiger partial charge in [-0.05, 0) is 6.42 Å². The van der Waals surface area contributed by atoms with Crippen molar-refractivity contribution in [2.24, 2.45) is 10.2 Å². The molecular weight excluding hydrogens is 286 g/mol. The summed E-state index contributed by atoms with van der Waals surface area (Å²) in [5, 5.41) is 17.3. The molecule has 7 nitrogen and oxygen atoms in total. The average Bonchev–Trinajstić information content (AvgIpc) is 3.30. The first kappa shape index (κ1) is 16.4. The van der Waals surface area contributed by atoms with Gasteiger partial charge in [-0.15, -0.1) is 12.3 Å². The SMILES string of the molecule is C#CCCC1(CCC(=O)N2CCC(OC)CC2C(=O)O)N=N1. The maximum absolute atomic E-state index is 12.4. The Morgan fingerprint density at radius 3 is 2.73 bits per heavy atom. The fraction of sp³-hybridized carbons (Fsp3) is 0.733. The number of terminal acetylenes is 1. The minimum absolute atomic E-state index is 0.111. The van der Waals surface area contributed by atoms with Gasteiger partial charge in [-0.25, -0.2) is 4.79 Å². The van der Waals surface area contributed by atoms with E-state index in [4.69, 9.17) is 11.2 Å². The quantitative estimate of drug-likeness (QED) is 0.720. The summed E-state index contributed by atoms with van der Waals surface area (Å²) >= 11 is 0. The summed E-state index contributed by atoms with van der Waals surface area (Å²) in [7, 11) is 1.56. The van der Waals surface area contributed by atoms with Crippen LogP contribution in [-0.2, 0) is 14.3 Å². The van der Waals surface area contributed by atoms with Crippen LogP contribution in [0.2, 0.25) is 0 Å². The number of hydrogen-bond acceptors (Lipinski definition) is 5. The number of piperidine rings is 1. The van der Waals surface area contributed by atoms with Gasteiger partial charge in [-0.3, -0.25) is 4.79 Å². The van der Waals surface area contributed by atoms with Crippen molar-refractivity contribution in [3.63, 3.8) is 0 Å². The van der Waals surface area contributed by atoms with Crippen LogP contribution in [0.15, 0.2) is 10.2 Å². The summed E-state index contributed by atoms with van der Waals surface area (Å²) in [6, 6.07) is -0.819. The van der Waals surface area contributed by atoms with E-state index in [0.29, 0.717) is 38.6 Å². The molecule has 22 heavy (non-hydrogen) atoms. The smallest absolute Gasteiger partial charge is 0.326 e. The summed E-state index contributed by atoms with van der Waals surface area (Å²) in [4.78, 5) is 25.2. The van der Waals surface area contributed by atoms with Crippen LogP contribution in [0.4, 0.5) is 0 Å². The fourth-order valence-electron chi connectivity index (χ4n) is 2.80. The van der Waals surface area contributed by atoms with Crippen LogP contribution >= 0.6 is 0 Å². The number of rotatable bonds is 7.